The van der Waals surface area contributed by atoms with Crippen LogP contribution in [0.4, 0.5) is 0 Å². The summed E-state index contributed by atoms with van der Waals surface area (Å²) in [7, 11) is 0. The van der Waals surface area contributed by atoms with E-state index in [2.05, 4.69) is 56.4 Å². The van der Waals surface area contributed by atoms with Crippen molar-refractivity contribution in [1.29, 1.82) is 0 Å². The molecule has 43 heavy (non-hydrogen) atoms. The Morgan fingerprint density at radius 3 is 0.930 bits per heavy atom. The average Bonchev–Trinajstić information content (AvgIpc) is 3.74. The quantitative estimate of drug-likeness (QED) is 0.191. The largest absolute Gasteiger partial charge is 0.286 e. The molecule has 5 aliphatic heterocycles. The van der Waals surface area contributed by atoms with Gasteiger partial charge in [-0.15, -0.1) is 0 Å². The Balaban J connectivity index is 0.00000278. The molecule has 18 atom stereocenters. The van der Waals surface area contributed by atoms with E-state index in [4.69, 9.17) is 0 Å². The SMILES string of the molecule is CC1CCC2C3NC4NC(NC5NC(NC6NC(NC(N3)C2C1C)C1CCCCC61)C1CCCCC51)C1CCCCC41.[Cu]. The maximum Gasteiger partial charge on any atom is 0.0631 e. The van der Waals surface area contributed by atoms with Crippen molar-refractivity contribution in [1.82, 2.24) is 42.5 Å². The summed E-state index contributed by atoms with van der Waals surface area (Å²) in [6.45, 7) is 5.08. The van der Waals surface area contributed by atoms with Crippen molar-refractivity contribution in [3.8, 4) is 0 Å². The molecule has 8 N–H and O–H groups in total. The zero-order valence-electron chi connectivity index (χ0n) is 26.6. The normalized spacial score (nSPS) is 57.6. The molecular weight excluding hydrogens is 584 g/mol. The summed E-state index contributed by atoms with van der Waals surface area (Å²) in [4.78, 5) is 0. The molecule has 9 aliphatic rings. The predicted octanol–water partition coefficient (Wildman–Crippen LogP) is 3.10. The second-order valence-corrected chi connectivity index (χ2v) is 16.6. The predicted molar refractivity (Wildman–Crippen MR) is 166 cm³/mol. The second-order valence-electron chi connectivity index (χ2n) is 16.6. The average molecular weight is 644 g/mol. The molecule has 0 aromatic rings. The number of hydrogen-bond donors (Lipinski definition) is 8. The summed E-state index contributed by atoms with van der Waals surface area (Å²) in [5, 5.41) is 34.0. The molecule has 0 aromatic carbocycles. The Bertz CT molecular complexity index is 984. The van der Waals surface area contributed by atoms with Crippen molar-refractivity contribution in [2.45, 2.75) is 153 Å². The monoisotopic (exact) mass is 643 g/mol. The van der Waals surface area contributed by atoms with Crippen molar-refractivity contribution in [3.63, 3.8) is 0 Å². The molecule has 0 spiro atoms. The van der Waals surface area contributed by atoms with Crippen molar-refractivity contribution in [2.24, 2.45) is 59.2 Å². The topological polar surface area (TPSA) is 96.2 Å². The van der Waals surface area contributed by atoms with E-state index in [0.29, 0.717) is 61.2 Å². The van der Waals surface area contributed by atoms with Crippen LogP contribution >= 0.6 is 0 Å². The Hall–Kier alpha value is 0.199. The molecule has 9 fully saturated rings. The summed E-state index contributed by atoms with van der Waals surface area (Å²) in [6, 6.07) is 0. The van der Waals surface area contributed by atoms with Crippen LogP contribution in [0.2, 0.25) is 0 Å². The molecule has 9 rings (SSSR count). The summed E-state index contributed by atoms with van der Waals surface area (Å²) in [5.74, 6) is 7.37. The van der Waals surface area contributed by atoms with E-state index in [1.165, 1.54) is 89.9 Å². The first kappa shape index (κ1) is 30.5. The first-order chi connectivity index (χ1) is 20.6. The molecule has 4 saturated carbocycles. The maximum absolute atomic E-state index is 4.31. The Kier molecular flexibility index (Phi) is 8.76. The molecule has 0 amide bonds. The van der Waals surface area contributed by atoms with Gasteiger partial charge in [-0.05, 0) is 104 Å². The van der Waals surface area contributed by atoms with Crippen molar-refractivity contribution in [2.75, 3.05) is 0 Å². The van der Waals surface area contributed by atoms with Crippen LogP contribution in [-0.2, 0) is 17.1 Å². The molecule has 8 bridgehead atoms. The van der Waals surface area contributed by atoms with E-state index in [1.54, 1.807) is 0 Å². The molecular formula is C34H60CuN8. The molecule has 9 heteroatoms. The molecule has 0 aromatic heterocycles. The van der Waals surface area contributed by atoms with Crippen molar-refractivity contribution in [3.05, 3.63) is 0 Å². The Labute approximate surface area is 271 Å². The van der Waals surface area contributed by atoms with Gasteiger partial charge in [0.15, 0.2) is 0 Å². The third-order valence-electron chi connectivity index (χ3n) is 14.8. The molecule has 1 radical (unpaired) electrons. The van der Waals surface area contributed by atoms with Gasteiger partial charge in [0.05, 0.1) is 49.3 Å². The van der Waals surface area contributed by atoms with Gasteiger partial charge < -0.3 is 0 Å². The van der Waals surface area contributed by atoms with Gasteiger partial charge in [-0.1, -0.05) is 58.8 Å². The number of nitrogens with one attached hydrogen (secondary N) is 8. The minimum Gasteiger partial charge on any atom is -0.286 e. The van der Waals surface area contributed by atoms with E-state index >= 15 is 0 Å². The van der Waals surface area contributed by atoms with Crippen molar-refractivity contribution < 1.29 is 17.1 Å². The number of rotatable bonds is 0. The van der Waals surface area contributed by atoms with E-state index in [9.17, 15) is 0 Å². The van der Waals surface area contributed by atoms with E-state index < -0.39 is 0 Å². The van der Waals surface area contributed by atoms with Gasteiger partial charge in [0.25, 0.3) is 0 Å². The van der Waals surface area contributed by atoms with E-state index in [0.717, 1.165) is 47.3 Å². The van der Waals surface area contributed by atoms with Gasteiger partial charge in [0.1, 0.15) is 0 Å². The smallest absolute Gasteiger partial charge is 0.0631 e. The summed E-state index contributed by atoms with van der Waals surface area (Å²) in [5.41, 5.74) is 0. The van der Waals surface area contributed by atoms with Crippen LogP contribution in [-0.4, -0.2) is 49.3 Å². The molecule has 4 aliphatic carbocycles. The second kappa shape index (κ2) is 12.3. The Morgan fingerprint density at radius 2 is 0.605 bits per heavy atom. The molecule has 8 nitrogen and oxygen atoms in total. The number of hydrogen-bond acceptors (Lipinski definition) is 8. The third-order valence-corrected chi connectivity index (χ3v) is 14.8. The molecule has 247 valence electrons. The van der Waals surface area contributed by atoms with Crippen LogP contribution < -0.4 is 42.5 Å². The Morgan fingerprint density at radius 1 is 0.326 bits per heavy atom. The van der Waals surface area contributed by atoms with Crippen LogP contribution in [0.25, 0.3) is 0 Å². The van der Waals surface area contributed by atoms with E-state index in [-0.39, 0.29) is 17.1 Å². The summed E-state index contributed by atoms with van der Waals surface area (Å²) >= 11 is 0. The molecule has 18 unspecified atom stereocenters. The fraction of sp³-hybridized carbons (Fsp3) is 1.00. The van der Waals surface area contributed by atoms with Crippen LogP contribution in [0, 0.1) is 59.2 Å². The fourth-order valence-corrected chi connectivity index (χ4v) is 12.6. The van der Waals surface area contributed by atoms with Gasteiger partial charge in [0, 0.05) is 17.1 Å². The van der Waals surface area contributed by atoms with Gasteiger partial charge in [0.2, 0.25) is 0 Å². The molecule has 5 heterocycles. The third kappa shape index (κ3) is 5.23. The van der Waals surface area contributed by atoms with Crippen LogP contribution in [0.5, 0.6) is 0 Å². The summed E-state index contributed by atoms with van der Waals surface area (Å²) < 4.78 is 0. The van der Waals surface area contributed by atoms with Gasteiger partial charge >= 0.3 is 0 Å². The first-order valence-corrected chi connectivity index (χ1v) is 18.7. The minimum absolute atomic E-state index is 0. The molecule has 5 saturated heterocycles. The van der Waals surface area contributed by atoms with Crippen molar-refractivity contribution >= 4 is 0 Å². The van der Waals surface area contributed by atoms with Gasteiger partial charge in [-0.3, -0.25) is 42.5 Å². The maximum atomic E-state index is 4.31. The fourth-order valence-electron chi connectivity index (χ4n) is 12.6. The van der Waals surface area contributed by atoms with E-state index in [1.807, 2.05) is 0 Å². The minimum atomic E-state index is 0. The van der Waals surface area contributed by atoms with Crippen LogP contribution in [0.3, 0.4) is 0 Å². The van der Waals surface area contributed by atoms with Gasteiger partial charge in [-0.25, -0.2) is 0 Å². The standard InChI is InChI=1S/C34H60N8.Cu/c1-17-15-16-25-26(18(17)2)34-41-32-24-14-8-7-13-23(24)30(39-32)37-28-20-10-4-3-9-19(20)27(35-28)36-29-21-11-5-6-12-22(21)31(38-29)40-33(25)42-34;/h17-42H,3-16H2,1-2H3;. The van der Waals surface area contributed by atoms with Crippen LogP contribution in [0.1, 0.15) is 104 Å². The van der Waals surface area contributed by atoms with Crippen LogP contribution in [0.15, 0.2) is 0 Å². The summed E-state index contributed by atoms with van der Waals surface area (Å²) in [6.07, 6.45) is 22.5. The zero-order chi connectivity index (χ0) is 27.9. The first-order valence-electron chi connectivity index (χ1n) is 18.7. The van der Waals surface area contributed by atoms with Gasteiger partial charge in [-0.2, -0.15) is 0 Å². The number of fused-ring (bicyclic) bond motifs is 20. The zero-order valence-corrected chi connectivity index (χ0v) is 27.5.